The topological polar surface area (TPSA) is 12.9 Å². The molecule has 1 heteroatoms. The molecule has 1 nitrogen and oxygen atoms in total. The second-order valence-corrected chi connectivity index (χ2v) is 3.65. The van der Waals surface area contributed by atoms with Crippen LogP contribution in [0.25, 0.3) is 0 Å². The van der Waals surface area contributed by atoms with Crippen LogP contribution in [0.1, 0.15) is 32.3 Å². The van der Waals surface area contributed by atoms with Crippen molar-refractivity contribution in [3.8, 4) is 0 Å². The molecule has 0 atom stereocenters. The van der Waals surface area contributed by atoms with Crippen molar-refractivity contribution in [2.75, 3.05) is 0 Å². The molecule has 0 fully saturated rings. The van der Waals surface area contributed by atoms with E-state index in [1.807, 2.05) is 18.5 Å². The second-order valence-electron chi connectivity index (χ2n) is 3.65. The quantitative estimate of drug-likeness (QED) is 0.664. The minimum absolute atomic E-state index is 0.821. The molecule has 12 heavy (non-hydrogen) atoms. The van der Waals surface area contributed by atoms with Gasteiger partial charge in [-0.25, -0.2) is 0 Å². The Morgan fingerprint density at radius 1 is 1.42 bits per heavy atom. The van der Waals surface area contributed by atoms with Gasteiger partial charge in [0, 0.05) is 12.4 Å². The van der Waals surface area contributed by atoms with Crippen molar-refractivity contribution in [3.05, 3.63) is 30.1 Å². The molecule has 0 unspecified atom stereocenters. The van der Waals surface area contributed by atoms with Crippen LogP contribution in [-0.2, 0) is 6.42 Å². The largest absolute Gasteiger partial charge is 0.264 e. The number of rotatable bonds is 4. The summed E-state index contributed by atoms with van der Waals surface area (Å²) in [5.74, 6) is 0.821. The van der Waals surface area contributed by atoms with Gasteiger partial charge in [0.2, 0.25) is 0 Å². The lowest BCUT2D eigenvalue weighted by molar-refractivity contribution is 0.555. The highest BCUT2D eigenvalue weighted by molar-refractivity contribution is 5.08. The van der Waals surface area contributed by atoms with Crippen molar-refractivity contribution in [1.82, 2.24) is 4.98 Å². The van der Waals surface area contributed by atoms with Crippen LogP contribution in [0.2, 0.25) is 0 Å². The number of aromatic nitrogens is 1. The van der Waals surface area contributed by atoms with E-state index in [1.165, 1.54) is 24.8 Å². The molecule has 0 radical (unpaired) electrons. The molecule has 0 saturated carbocycles. The fraction of sp³-hybridized carbons (Fsp3) is 0.545. The summed E-state index contributed by atoms with van der Waals surface area (Å²) in [6.45, 7) is 4.53. The van der Waals surface area contributed by atoms with Gasteiger partial charge in [-0.1, -0.05) is 26.3 Å². The Balaban J connectivity index is 2.25. The van der Waals surface area contributed by atoms with E-state index in [9.17, 15) is 0 Å². The maximum atomic E-state index is 4.08. The Morgan fingerprint density at radius 2 is 2.25 bits per heavy atom. The summed E-state index contributed by atoms with van der Waals surface area (Å²) in [5, 5.41) is 0. The summed E-state index contributed by atoms with van der Waals surface area (Å²) in [4.78, 5) is 4.08. The molecule has 0 saturated heterocycles. The third-order valence-corrected chi connectivity index (χ3v) is 1.97. The summed E-state index contributed by atoms with van der Waals surface area (Å²) in [6.07, 6.45) is 7.55. The van der Waals surface area contributed by atoms with Gasteiger partial charge in [-0.3, -0.25) is 4.98 Å². The summed E-state index contributed by atoms with van der Waals surface area (Å²) >= 11 is 0. The fourth-order valence-electron chi connectivity index (χ4n) is 1.26. The van der Waals surface area contributed by atoms with Gasteiger partial charge < -0.3 is 0 Å². The lowest BCUT2D eigenvalue weighted by Crippen LogP contribution is -1.90. The van der Waals surface area contributed by atoms with Gasteiger partial charge in [-0.15, -0.1) is 0 Å². The minimum atomic E-state index is 0.821. The van der Waals surface area contributed by atoms with Crippen molar-refractivity contribution in [2.24, 2.45) is 5.92 Å². The number of nitrogens with zero attached hydrogens (tertiary/aromatic N) is 1. The molecular weight excluding hydrogens is 146 g/mol. The Morgan fingerprint density at radius 3 is 2.83 bits per heavy atom. The lowest BCUT2D eigenvalue weighted by Gasteiger charge is -2.03. The first-order valence-electron chi connectivity index (χ1n) is 4.68. The van der Waals surface area contributed by atoms with E-state index < -0.39 is 0 Å². The molecule has 1 heterocycles. The molecule has 0 aliphatic rings. The Kier molecular flexibility index (Phi) is 3.78. The van der Waals surface area contributed by atoms with Crippen molar-refractivity contribution in [3.63, 3.8) is 0 Å². The Hall–Kier alpha value is -0.850. The number of aryl methyl sites for hydroxylation is 1. The van der Waals surface area contributed by atoms with Crippen LogP contribution in [-0.4, -0.2) is 4.98 Å². The molecule has 66 valence electrons. The average molecular weight is 163 g/mol. The van der Waals surface area contributed by atoms with Crippen molar-refractivity contribution >= 4 is 0 Å². The lowest BCUT2D eigenvalue weighted by atomic mass is 10.0. The maximum absolute atomic E-state index is 4.08. The van der Waals surface area contributed by atoms with Crippen LogP contribution in [0.5, 0.6) is 0 Å². The van der Waals surface area contributed by atoms with E-state index in [-0.39, 0.29) is 0 Å². The van der Waals surface area contributed by atoms with Crippen LogP contribution < -0.4 is 0 Å². The minimum Gasteiger partial charge on any atom is -0.264 e. The van der Waals surface area contributed by atoms with E-state index in [0.717, 1.165) is 5.92 Å². The van der Waals surface area contributed by atoms with Crippen LogP contribution in [0.15, 0.2) is 24.5 Å². The predicted molar refractivity (Wildman–Crippen MR) is 52.0 cm³/mol. The van der Waals surface area contributed by atoms with Crippen LogP contribution in [0.4, 0.5) is 0 Å². The summed E-state index contributed by atoms with van der Waals surface area (Å²) in [5.41, 5.74) is 1.36. The molecule has 0 N–H and O–H groups in total. The van der Waals surface area contributed by atoms with E-state index >= 15 is 0 Å². The van der Waals surface area contributed by atoms with Gasteiger partial charge in [-0.2, -0.15) is 0 Å². The monoisotopic (exact) mass is 163 g/mol. The van der Waals surface area contributed by atoms with Gasteiger partial charge in [0.25, 0.3) is 0 Å². The molecular formula is C11H17N. The van der Waals surface area contributed by atoms with Gasteiger partial charge in [0.05, 0.1) is 0 Å². The van der Waals surface area contributed by atoms with Gasteiger partial charge in [0.15, 0.2) is 0 Å². The first-order chi connectivity index (χ1) is 5.79. The zero-order chi connectivity index (χ0) is 8.81. The molecule has 0 aromatic carbocycles. The van der Waals surface area contributed by atoms with Gasteiger partial charge in [-0.05, 0) is 30.4 Å². The van der Waals surface area contributed by atoms with E-state index in [0.29, 0.717) is 0 Å². The first kappa shape index (κ1) is 9.24. The first-order valence-corrected chi connectivity index (χ1v) is 4.68. The highest BCUT2D eigenvalue weighted by Gasteiger charge is 1.95. The number of hydrogen-bond acceptors (Lipinski definition) is 1. The van der Waals surface area contributed by atoms with Crippen LogP contribution in [0.3, 0.4) is 0 Å². The molecule has 1 aromatic heterocycles. The third kappa shape index (κ3) is 3.51. The number of pyridine rings is 1. The number of hydrogen-bond donors (Lipinski definition) is 0. The normalized spacial score (nSPS) is 10.6. The maximum Gasteiger partial charge on any atom is 0.0299 e. The Bertz CT molecular complexity index is 204. The van der Waals surface area contributed by atoms with Crippen molar-refractivity contribution in [2.45, 2.75) is 33.1 Å². The standard InChI is InChI=1S/C11H17N/c1-10(2)5-3-6-11-7-4-8-12-9-11/h4,7-10H,3,5-6H2,1-2H3. The zero-order valence-corrected chi connectivity index (χ0v) is 7.96. The predicted octanol–water partition coefficient (Wildman–Crippen LogP) is 3.06. The van der Waals surface area contributed by atoms with E-state index in [2.05, 4.69) is 24.9 Å². The molecule has 0 spiro atoms. The van der Waals surface area contributed by atoms with Crippen molar-refractivity contribution < 1.29 is 0 Å². The van der Waals surface area contributed by atoms with E-state index in [1.54, 1.807) is 0 Å². The van der Waals surface area contributed by atoms with Crippen LogP contribution in [0, 0.1) is 5.92 Å². The summed E-state index contributed by atoms with van der Waals surface area (Å²) in [6, 6.07) is 4.15. The highest BCUT2D eigenvalue weighted by atomic mass is 14.6. The Labute approximate surface area is 74.8 Å². The second kappa shape index (κ2) is 4.91. The van der Waals surface area contributed by atoms with Crippen molar-refractivity contribution in [1.29, 1.82) is 0 Å². The summed E-state index contributed by atoms with van der Waals surface area (Å²) in [7, 11) is 0. The SMILES string of the molecule is CC(C)CCCc1cccnc1. The van der Waals surface area contributed by atoms with E-state index in [4.69, 9.17) is 0 Å². The third-order valence-electron chi connectivity index (χ3n) is 1.97. The molecule has 0 amide bonds. The summed E-state index contributed by atoms with van der Waals surface area (Å²) < 4.78 is 0. The molecule has 1 aromatic rings. The smallest absolute Gasteiger partial charge is 0.0299 e. The molecule has 0 aliphatic carbocycles. The average Bonchev–Trinajstić information content (AvgIpc) is 2.05. The zero-order valence-electron chi connectivity index (χ0n) is 7.96. The molecule has 1 rings (SSSR count). The fourth-order valence-corrected chi connectivity index (χ4v) is 1.26. The molecule has 0 aliphatic heterocycles. The highest BCUT2D eigenvalue weighted by Crippen LogP contribution is 2.08. The molecule has 0 bridgehead atoms. The van der Waals surface area contributed by atoms with Gasteiger partial charge in [0.1, 0.15) is 0 Å². The van der Waals surface area contributed by atoms with Gasteiger partial charge >= 0.3 is 0 Å². The van der Waals surface area contributed by atoms with Crippen LogP contribution >= 0.6 is 0 Å².